The molecule has 1 aromatic carbocycles. The van der Waals surface area contributed by atoms with Crippen LogP contribution in [0.1, 0.15) is 16.1 Å². The van der Waals surface area contributed by atoms with Gasteiger partial charge in [0.15, 0.2) is 0 Å². The number of nitrogens with zero attached hydrogens (tertiary/aromatic N) is 1. The molecule has 28 heavy (non-hydrogen) atoms. The molecule has 2 aromatic rings. The molecule has 0 saturated carbocycles. The molecule has 1 aliphatic heterocycles. The van der Waals surface area contributed by atoms with Crippen LogP contribution >= 0.6 is 38.9 Å². The molecule has 1 saturated heterocycles. The van der Waals surface area contributed by atoms with Gasteiger partial charge in [0.1, 0.15) is 0 Å². The van der Waals surface area contributed by atoms with Crippen LogP contribution in [0.4, 0.5) is 10.5 Å². The Kier molecular flexibility index (Phi) is 7.57. The van der Waals surface area contributed by atoms with E-state index in [1.807, 2.05) is 24.3 Å². The van der Waals surface area contributed by atoms with Crippen LogP contribution in [0.15, 0.2) is 36.4 Å². The summed E-state index contributed by atoms with van der Waals surface area (Å²) in [6.45, 7) is 0.574. The van der Waals surface area contributed by atoms with Crippen molar-refractivity contribution >= 4 is 81.2 Å². The standard InChI is InChI=1S/C18H17AsBrClN2O4S/c20-8-7-15(24)19-11-1-3-12(4-2-11)23-10-13(27-18(23)26)9-22-17(25)14-5-6-16(21)28-14/h1-6,13,19H,7-10H2,(H,22,25)/t13-/m0/s1. The first-order valence-corrected chi connectivity index (χ1v) is 12.8. The van der Waals surface area contributed by atoms with Crippen LogP contribution in [0.3, 0.4) is 0 Å². The van der Waals surface area contributed by atoms with Gasteiger partial charge in [0.25, 0.3) is 0 Å². The van der Waals surface area contributed by atoms with Crippen LogP contribution in [-0.2, 0) is 9.53 Å². The fourth-order valence-electron chi connectivity index (χ4n) is 2.60. The minimum absolute atomic E-state index is 0.224. The van der Waals surface area contributed by atoms with Gasteiger partial charge in [-0.05, 0) is 6.07 Å². The molecule has 2 amide bonds. The Labute approximate surface area is 186 Å². The van der Waals surface area contributed by atoms with E-state index in [-0.39, 0.29) is 17.0 Å². The summed E-state index contributed by atoms with van der Waals surface area (Å²) >= 11 is 9.48. The van der Waals surface area contributed by atoms with E-state index >= 15 is 0 Å². The molecule has 1 N–H and O–H groups in total. The number of amides is 2. The van der Waals surface area contributed by atoms with E-state index in [4.69, 9.17) is 16.3 Å². The second-order valence-corrected chi connectivity index (χ2v) is 11.4. The van der Waals surface area contributed by atoms with Gasteiger partial charge in [0.05, 0.1) is 4.34 Å². The van der Waals surface area contributed by atoms with Gasteiger partial charge in [0, 0.05) is 0 Å². The van der Waals surface area contributed by atoms with E-state index in [0.717, 1.165) is 4.35 Å². The van der Waals surface area contributed by atoms with Gasteiger partial charge in [-0.1, -0.05) is 11.6 Å². The van der Waals surface area contributed by atoms with Gasteiger partial charge < -0.3 is 0 Å². The number of thiophene rings is 1. The summed E-state index contributed by atoms with van der Waals surface area (Å²) in [7, 11) is 0. The molecule has 2 atom stereocenters. The third kappa shape index (κ3) is 5.60. The molecule has 0 radical (unpaired) electrons. The molecule has 0 spiro atoms. The van der Waals surface area contributed by atoms with Crippen LogP contribution in [0.25, 0.3) is 0 Å². The van der Waals surface area contributed by atoms with Crippen LogP contribution in [0.5, 0.6) is 0 Å². The first kappa shape index (κ1) is 21.4. The predicted molar refractivity (Wildman–Crippen MR) is 116 cm³/mol. The maximum atomic E-state index is 12.2. The van der Waals surface area contributed by atoms with Crippen molar-refractivity contribution in [1.82, 2.24) is 5.32 Å². The number of rotatable bonds is 8. The van der Waals surface area contributed by atoms with Gasteiger partial charge in [-0.2, -0.15) is 0 Å². The zero-order valence-corrected chi connectivity index (χ0v) is 19.9. The normalized spacial score (nSPS) is 16.6. The fraction of sp³-hybridized carbons (Fsp3) is 0.278. The number of alkyl halides is 1. The molecule has 3 rings (SSSR count). The number of ether oxygens (including phenoxy) is 1. The summed E-state index contributed by atoms with van der Waals surface area (Å²) in [6, 6.07) is 10.8. The van der Waals surface area contributed by atoms with E-state index < -0.39 is 27.9 Å². The summed E-state index contributed by atoms with van der Waals surface area (Å²) in [5.41, 5.74) is 0.715. The van der Waals surface area contributed by atoms with Crippen LogP contribution in [0, 0.1) is 0 Å². The Bertz CT molecular complexity index is 877. The Morgan fingerprint density at radius 1 is 1.29 bits per heavy atom. The van der Waals surface area contributed by atoms with E-state index in [1.54, 1.807) is 12.1 Å². The van der Waals surface area contributed by atoms with Crippen molar-refractivity contribution in [3.05, 3.63) is 45.6 Å². The topological polar surface area (TPSA) is 75.7 Å². The second-order valence-electron chi connectivity index (χ2n) is 5.96. The van der Waals surface area contributed by atoms with Gasteiger partial charge in [0.2, 0.25) is 0 Å². The molecule has 148 valence electrons. The number of halogens is 2. The average Bonchev–Trinajstić information content (AvgIpc) is 3.26. The molecule has 1 fully saturated rings. The van der Waals surface area contributed by atoms with Gasteiger partial charge in [-0.15, -0.1) is 0 Å². The third-order valence-corrected chi connectivity index (χ3v) is 7.99. The Morgan fingerprint density at radius 3 is 2.68 bits per heavy atom. The Balaban J connectivity index is 1.54. The van der Waals surface area contributed by atoms with Crippen LogP contribution in [-0.4, -0.2) is 56.8 Å². The van der Waals surface area contributed by atoms with E-state index in [9.17, 15) is 14.4 Å². The minimum atomic E-state index is -0.826. The van der Waals surface area contributed by atoms with Crippen LogP contribution < -0.4 is 14.6 Å². The van der Waals surface area contributed by atoms with Crippen molar-refractivity contribution in [3.8, 4) is 0 Å². The van der Waals surface area contributed by atoms with Crippen LogP contribution in [0.2, 0.25) is 4.34 Å². The molecule has 0 bridgehead atoms. The number of carbonyl (C=O) groups is 3. The number of hydrogen-bond donors (Lipinski definition) is 1. The molecule has 1 aliphatic rings. The van der Waals surface area contributed by atoms with E-state index in [0.29, 0.717) is 33.2 Å². The molecule has 6 nitrogen and oxygen atoms in total. The van der Waals surface area contributed by atoms with Crippen molar-refractivity contribution in [3.63, 3.8) is 0 Å². The second kappa shape index (κ2) is 9.92. The molecule has 1 aromatic heterocycles. The molecule has 2 heterocycles. The van der Waals surface area contributed by atoms with E-state index in [1.165, 1.54) is 16.2 Å². The first-order valence-electron chi connectivity index (χ1n) is 8.44. The number of benzene rings is 1. The van der Waals surface area contributed by atoms with Crippen molar-refractivity contribution < 1.29 is 19.1 Å². The Hall–Kier alpha value is -1.34. The summed E-state index contributed by atoms with van der Waals surface area (Å²) in [4.78, 5) is 38.1. The zero-order chi connectivity index (χ0) is 20.1. The predicted octanol–water partition coefficient (Wildman–Crippen LogP) is 2.53. The number of nitrogens with one attached hydrogen (secondary N) is 1. The summed E-state index contributed by atoms with van der Waals surface area (Å²) in [5.74, 6) is -0.242. The number of anilines is 1. The van der Waals surface area contributed by atoms with Gasteiger partial charge in [-0.3, -0.25) is 0 Å². The van der Waals surface area contributed by atoms with Crippen molar-refractivity contribution in [2.75, 3.05) is 23.3 Å². The summed E-state index contributed by atoms with van der Waals surface area (Å²) in [6.07, 6.45) is -0.330. The number of hydrogen-bond acceptors (Lipinski definition) is 5. The molecule has 10 heteroatoms. The van der Waals surface area contributed by atoms with Gasteiger partial charge in [-0.25, -0.2) is 0 Å². The average molecular weight is 548 g/mol. The third-order valence-electron chi connectivity index (χ3n) is 3.95. The van der Waals surface area contributed by atoms with Gasteiger partial charge >= 0.3 is 165 Å². The Morgan fingerprint density at radius 2 is 2.04 bits per heavy atom. The van der Waals surface area contributed by atoms with Crippen molar-refractivity contribution in [2.45, 2.75) is 12.5 Å². The fourth-order valence-corrected chi connectivity index (χ4v) is 6.59. The number of carbonyl (C=O) groups excluding carboxylic acids is 3. The molecular formula is C18H17AsBrClN2O4S. The molecular weight excluding hydrogens is 531 g/mol. The van der Waals surface area contributed by atoms with Crippen molar-refractivity contribution in [2.24, 2.45) is 0 Å². The SMILES string of the molecule is O=C(CCBr)[AsH]c1ccc(N2C[C@H](CNC(=O)c3ccc(Cl)s3)OC2=O)cc1. The number of cyclic esters (lactones) is 1. The first-order chi connectivity index (χ1) is 13.5. The maximum absolute atomic E-state index is 12.2. The molecule has 1 unspecified atom stereocenters. The van der Waals surface area contributed by atoms with E-state index in [2.05, 4.69) is 21.2 Å². The molecule has 0 aliphatic carbocycles. The quantitative estimate of drug-likeness (QED) is 0.407. The monoisotopic (exact) mass is 546 g/mol. The zero-order valence-electron chi connectivity index (χ0n) is 14.6. The summed E-state index contributed by atoms with van der Waals surface area (Å²) in [5, 5.41) is 3.45. The summed E-state index contributed by atoms with van der Waals surface area (Å²) < 4.78 is 7.20. The van der Waals surface area contributed by atoms with Crippen molar-refractivity contribution in [1.29, 1.82) is 0 Å².